The second kappa shape index (κ2) is 24.5. The number of nitrogens with one attached hydrogen (secondary N) is 1. The molecule has 2 aromatic carbocycles. The van der Waals surface area contributed by atoms with E-state index >= 15 is 4.39 Å². The van der Waals surface area contributed by atoms with Gasteiger partial charge in [-0.15, -0.1) is 6.58 Å². The second-order valence-corrected chi connectivity index (χ2v) is 13.4. The molecule has 0 saturated carbocycles. The number of hydrogen-bond acceptors (Lipinski definition) is 4. The highest BCUT2D eigenvalue weighted by atomic mass is 19.1. The molecular formula is C45H73FN4. The van der Waals surface area contributed by atoms with Crippen LogP contribution in [-0.2, 0) is 0 Å². The van der Waals surface area contributed by atoms with E-state index in [2.05, 4.69) is 126 Å². The van der Waals surface area contributed by atoms with Crippen molar-refractivity contribution in [2.75, 3.05) is 29.4 Å². The summed E-state index contributed by atoms with van der Waals surface area (Å²) in [6, 6.07) is 14.6. The van der Waals surface area contributed by atoms with Crippen LogP contribution in [0.15, 0.2) is 89.7 Å². The van der Waals surface area contributed by atoms with Gasteiger partial charge in [0.1, 0.15) is 5.70 Å². The van der Waals surface area contributed by atoms with Crippen molar-refractivity contribution in [3.63, 3.8) is 0 Å². The van der Waals surface area contributed by atoms with Gasteiger partial charge in [0.2, 0.25) is 5.79 Å². The minimum atomic E-state index is -1.80. The molecule has 1 heterocycles. The molecule has 1 aliphatic rings. The van der Waals surface area contributed by atoms with E-state index in [0.717, 1.165) is 79.2 Å². The lowest BCUT2D eigenvalue weighted by Gasteiger charge is -2.36. The van der Waals surface area contributed by atoms with Crippen molar-refractivity contribution >= 4 is 22.8 Å². The summed E-state index contributed by atoms with van der Waals surface area (Å²) < 4.78 is 16.5. The predicted molar refractivity (Wildman–Crippen MR) is 225 cm³/mol. The fourth-order valence-corrected chi connectivity index (χ4v) is 5.50. The first kappa shape index (κ1) is 46.4. The van der Waals surface area contributed by atoms with E-state index in [1.807, 2.05) is 34.6 Å². The molecule has 1 unspecified atom stereocenters. The molecule has 4 nitrogen and oxygen atoms in total. The number of rotatable bonds is 15. The molecule has 0 aliphatic carbocycles. The molecule has 0 saturated heterocycles. The molecule has 0 bridgehead atoms. The number of unbranched alkanes of at least 4 members (excludes halogenated alkanes) is 2. The molecule has 1 atom stereocenters. The monoisotopic (exact) mass is 689 g/mol. The lowest BCUT2D eigenvalue weighted by molar-refractivity contribution is 0.249. The topological polar surface area (TPSA) is 30.9 Å². The molecule has 0 radical (unpaired) electrons. The fraction of sp³-hybridized carbons (Fsp3) is 0.533. The predicted octanol–water partition coefficient (Wildman–Crippen LogP) is 13.5. The van der Waals surface area contributed by atoms with E-state index in [0.29, 0.717) is 11.4 Å². The van der Waals surface area contributed by atoms with Crippen molar-refractivity contribution in [1.29, 1.82) is 0 Å². The minimum absolute atomic E-state index is 0.432. The average Bonchev–Trinajstić information content (AvgIpc) is 3.24. The number of anilines is 2. The Bertz CT molecular complexity index is 1370. The number of nitrogens with zero attached hydrogens (tertiary/aromatic N) is 3. The largest absolute Gasteiger partial charge is 0.385 e. The molecule has 1 aliphatic heterocycles. The van der Waals surface area contributed by atoms with Gasteiger partial charge in [0.05, 0.1) is 11.4 Å². The standard InChI is InChI=1S/C28H43FN4.C8H10.C7H14.C2H6/c1-10-13-16-30-22(7)24-14-15-25(32(17-11-2)18-12-3)26(19-24)33-23(8)21(6)27(28(33,9)29)31-20(4)5;1-7-5-3-4-6-8(7)2;1-4-5-6-7(2)3;1-2/h14-15,19,30H,7-8,10-13,16-18H2,1-6,9H3;3-6H,1-2H3;2,4-6H2,1,3H3;1-2H3. The van der Waals surface area contributed by atoms with Crippen LogP contribution >= 0.6 is 0 Å². The molecule has 0 spiro atoms. The summed E-state index contributed by atoms with van der Waals surface area (Å²) in [6.07, 6.45) is 8.02. The Labute approximate surface area is 308 Å². The Balaban J connectivity index is 0.00000115. The molecule has 280 valence electrons. The normalized spacial score (nSPS) is 14.8. The highest BCUT2D eigenvalue weighted by Crippen LogP contribution is 2.48. The summed E-state index contributed by atoms with van der Waals surface area (Å²) in [6.45, 7) is 41.3. The number of halogens is 1. The van der Waals surface area contributed by atoms with Gasteiger partial charge in [-0.3, -0.25) is 4.99 Å². The molecule has 2 aromatic rings. The van der Waals surface area contributed by atoms with Gasteiger partial charge in [0.25, 0.3) is 0 Å². The smallest absolute Gasteiger partial charge is 0.227 e. The maximum absolute atomic E-state index is 16.5. The zero-order chi connectivity index (χ0) is 38.4. The Morgan fingerprint density at radius 2 is 1.40 bits per heavy atom. The van der Waals surface area contributed by atoms with Gasteiger partial charge in [-0.25, -0.2) is 4.39 Å². The fourth-order valence-electron chi connectivity index (χ4n) is 5.50. The average molecular weight is 689 g/mol. The van der Waals surface area contributed by atoms with Gasteiger partial charge >= 0.3 is 0 Å². The number of allylic oxidation sites excluding steroid dienone is 2. The van der Waals surface area contributed by atoms with E-state index in [1.165, 1.54) is 36.0 Å². The summed E-state index contributed by atoms with van der Waals surface area (Å²) in [5.41, 5.74) is 10.4. The minimum Gasteiger partial charge on any atom is -0.385 e. The summed E-state index contributed by atoms with van der Waals surface area (Å²) in [5.74, 6) is -1.80. The number of hydrogen-bond donors (Lipinski definition) is 1. The molecule has 3 rings (SSSR count). The number of benzene rings is 2. The Morgan fingerprint density at radius 3 is 1.82 bits per heavy atom. The third-order valence-corrected chi connectivity index (χ3v) is 8.39. The lowest BCUT2D eigenvalue weighted by Crippen LogP contribution is -2.40. The third kappa shape index (κ3) is 14.7. The van der Waals surface area contributed by atoms with Gasteiger partial charge in [0, 0.05) is 36.7 Å². The van der Waals surface area contributed by atoms with Gasteiger partial charge in [-0.05, 0) is 115 Å². The maximum Gasteiger partial charge on any atom is 0.227 e. The Kier molecular flexibility index (Phi) is 22.8. The third-order valence-electron chi connectivity index (χ3n) is 8.39. The van der Waals surface area contributed by atoms with Gasteiger partial charge < -0.3 is 15.1 Å². The summed E-state index contributed by atoms with van der Waals surface area (Å²) in [5, 5.41) is 3.42. The van der Waals surface area contributed by atoms with Crippen LogP contribution in [0.2, 0.25) is 0 Å². The molecule has 0 aromatic heterocycles. The maximum atomic E-state index is 16.5. The van der Waals surface area contributed by atoms with Gasteiger partial charge in [-0.1, -0.05) is 103 Å². The second-order valence-electron chi connectivity index (χ2n) is 13.4. The Morgan fingerprint density at radius 1 is 0.860 bits per heavy atom. The van der Waals surface area contributed by atoms with Crippen LogP contribution < -0.4 is 15.1 Å². The zero-order valence-electron chi connectivity index (χ0n) is 34.5. The van der Waals surface area contributed by atoms with Gasteiger partial charge in [-0.2, -0.15) is 0 Å². The van der Waals surface area contributed by atoms with E-state index in [9.17, 15) is 0 Å². The molecule has 5 heteroatoms. The Hall–Kier alpha value is -3.60. The molecule has 0 amide bonds. The van der Waals surface area contributed by atoms with Crippen LogP contribution in [0.25, 0.3) is 5.70 Å². The van der Waals surface area contributed by atoms with E-state index in [-0.39, 0.29) is 0 Å². The first-order valence-corrected chi connectivity index (χ1v) is 19.1. The van der Waals surface area contributed by atoms with Crippen LogP contribution in [0, 0.1) is 13.8 Å². The van der Waals surface area contributed by atoms with Crippen molar-refractivity contribution in [3.8, 4) is 0 Å². The van der Waals surface area contributed by atoms with Crippen molar-refractivity contribution in [2.24, 2.45) is 4.99 Å². The van der Waals surface area contributed by atoms with Gasteiger partial charge in [0.15, 0.2) is 0 Å². The SMILES string of the molecule is C=C(C)CCCC.C=C(NCCCC)c1ccc(N(CCC)CCC)c(N2C(=C)C(C)=C(N=C(C)C)C2(C)F)c1.CC.Cc1ccccc1C. The van der Waals surface area contributed by atoms with E-state index in [4.69, 9.17) is 0 Å². The number of aliphatic imine (C=N–C) groups is 1. The highest BCUT2D eigenvalue weighted by Gasteiger charge is 2.46. The van der Waals surface area contributed by atoms with Crippen molar-refractivity contribution in [2.45, 2.75) is 141 Å². The highest BCUT2D eigenvalue weighted by molar-refractivity contribution is 5.84. The lowest BCUT2D eigenvalue weighted by atomic mass is 10.1. The molecule has 1 N–H and O–H groups in total. The number of aryl methyl sites for hydroxylation is 2. The molecule has 0 fully saturated rings. The molecular weight excluding hydrogens is 616 g/mol. The van der Waals surface area contributed by atoms with Crippen LogP contribution in [0.5, 0.6) is 0 Å². The first-order chi connectivity index (χ1) is 23.7. The van der Waals surface area contributed by atoms with Crippen LogP contribution in [0.4, 0.5) is 15.8 Å². The molecule has 50 heavy (non-hydrogen) atoms. The van der Waals surface area contributed by atoms with E-state index in [1.54, 1.807) is 11.8 Å². The summed E-state index contributed by atoms with van der Waals surface area (Å²) in [7, 11) is 0. The van der Waals surface area contributed by atoms with E-state index < -0.39 is 5.79 Å². The zero-order valence-corrected chi connectivity index (χ0v) is 34.5. The van der Waals surface area contributed by atoms with Crippen molar-refractivity contribution < 1.29 is 4.39 Å². The van der Waals surface area contributed by atoms with Crippen molar-refractivity contribution in [1.82, 2.24) is 5.32 Å². The van der Waals surface area contributed by atoms with Crippen LogP contribution in [-0.4, -0.2) is 31.1 Å². The summed E-state index contributed by atoms with van der Waals surface area (Å²) in [4.78, 5) is 8.63. The number of alkyl halides is 1. The van der Waals surface area contributed by atoms with Crippen LogP contribution in [0.3, 0.4) is 0 Å². The van der Waals surface area contributed by atoms with Crippen molar-refractivity contribution in [3.05, 3.63) is 101 Å². The van der Waals surface area contributed by atoms with Crippen LogP contribution in [0.1, 0.15) is 138 Å². The summed E-state index contributed by atoms with van der Waals surface area (Å²) >= 11 is 0. The first-order valence-electron chi connectivity index (χ1n) is 19.1. The quantitative estimate of drug-likeness (QED) is 0.0874.